The molecule has 2 aliphatic rings. The molecule has 6 N–H and O–H groups in total. The third kappa shape index (κ3) is 5.18. The van der Waals surface area contributed by atoms with Crippen LogP contribution in [0.4, 0.5) is 24.9 Å². The van der Waals surface area contributed by atoms with Crippen molar-refractivity contribution in [1.82, 2.24) is 44.5 Å². The van der Waals surface area contributed by atoms with Crippen LogP contribution in [0.15, 0.2) is 17.4 Å². The van der Waals surface area contributed by atoms with Crippen LogP contribution in [0.2, 0.25) is 0 Å². The number of aromatic nitrogens is 9. The molecule has 2 fully saturated rings. The first kappa shape index (κ1) is 29.9. The van der Waals surface area contributed by atoms with Crippen molar-refractivity contribution in [3.05, 3.63) is 23.0 Å². The molecule has 2 aliphatic heterocycles. The summed E-state index contributed by atoms with van der Waals surface area (Å²) in [7, 11) is 1.48. The number of nitrogens with one attached hydrogen (secondary N) is 1. The summed E-state index contributed by atoms with van der Waals surface area (Å²) in [5.41, 5.74) is 10.6. The second-order valence-corrected chi connectivity index (χ2v) is 10.9. The third-order valence-corrected chi connectivity index (χ3v) is 8.16. The number of nitrogen functional groups attached to an aromatic ring is 2. The Morgan fingerprint density at radius 1 is 1.21 bits per heavy atom. The van der Waals surface area contributed by atoms with Crippen LogP contribution in [0.1, 0.15) is 18.9 Å². The zero-order chi connectivity index (χ0) is 30.5. The van der Waals surface area contributed by atoms with Crippen molar-refractivity contribution in [2.45, 2.75) is 49.5 Å². The normalized spacial score (nSPS) is 29.1. The second kappa shape index (κ2) is 11.7. The van der Waals surface area contributed by atoms with Crippen molar-refractivity contribution in [2.24, 2.45) is 5.92 Å². The highest BCUT2D eigenvalue weighted by atomic mass is 31.1. The van der Waals surface area contributed by atoms with E-state index in [9.17, 15) is 10.1 Å². The van der Waals surface area contributed by atoms with Crippen molar-refractivity contribution < 1.29 is 41.8 Å². The number of aromatic amines is 1. The average molecular weight is 649 g/mol. The Bertz CT molecular complexity index is 1680. The number of nitrogens with two attached hydrogens (primary N) is 2. The summed E-state index contributed by atoms with van der Waals surface area (Å²) in [6, 6.07) is 0. The quantitative estimate of drug-likeness (QED) is 0.0793. The SMILES string of the molecule is Nc1nc2c(ncn2[C@@H]2OC(OPCC[C@@H]3[C@@H](COP)O[C@@H](n4nnc5c(N)ncnc54)C3(F)F)[C@@H](F)[C@H]2OO)c(=O)[nH]1. The third-order valence-electron chi connectivity index (χ3n) is 7.08. The highest BCUT2D eigenvalue weighted by Gasteiger charge is 2.60. The molecule has 0 amide bonds. The summed E-state index contributed by atoms with van der Waals surface area (Å²) in [6.45, 7) is -0.176. The Kier molecular flexibility index (Phi) is 8.16. The molecule has 18 nitrogen and oxygen atoms in total. The van der Waals surface area contributed by atoms with E-state index in [4.69, 9.17) is 30.0 Å². The Morgan fingerprint density at radius 3 is 2.79 bits per heavy atom. The summed E-state index contributed by atoms with van der Waals surface area (Å²) in [5.74, 6) is -5.06. The number of alkyl halides is 3. The van der Waals surface area contributed by atoms with Crippen molar-refractivity contribution >= 4 is 52.4 Å². The van der Waals surface area contributed by atoms with Crippen molar-refractivity contribution in [1.29, 1.82) is 0 Å². The first-order valence-electron chi connectivity index (χ1n) is 12.5. The molecule has 9 atom stereocenters. The van der Waals surface area contributed by atoms with Gasteiger partial charge in [0.1, 0.15) is 6.33 Å². The molecule has 4 aromatic rings. The van der Waals surface area contributed by atoms with E-state index in [2.05, 4.69) is 40.1 Å². The Morgan fingerprint density at radius 2 is 2.02 bits per heavy atom. The van der Waals surface area contributed by atoms with Gasteiger partial charge >= 0.3 is 0 Å². The highest BCUT2D eigenvalue weighted by Crippen LogP contribution is 2.50. The average Bonchev–Trinajstić information content (AvgIpc) is 3.71. The van der Waals surface area contributed by atoms with Crippen LogP contribution in [0.3, 0.4) is 0 Å². The first-order valence-corrected chi connectivity index (χ1v) is 14.1. The van der Waals surface area contributed by atoms with E-state index in [1.807, 2.05) is 9.47 Å². The molecule has 23 heteroatoms. The maximum Gasteiger partial charge on any atom is 0.299 e. The Balaban J connectivity index is 1.13. The minimum Gasteiger partial charge on any atom is -0.382 e. The fourth-order valence-electron chi connectivity index (χ4n) is 5.08. The molecule has 2 saturated heterocycles. The van der Waals surface area contributed by atoms with Crippen LogP contribution < -0.4 is 17.0 Å². The number of nitrogens with zero attached hydrogens (tertiary/aromatic N) is 8. The molecule has 43 heavy (non-hydrogen) atoms. The van der Waals surface area contributed by atoms with Gasteiger partial charge in [0.25, 0.3) is 11.5 Å². The Labute approximate surface area is 241 Å². The molecular formula is C20H24F3N11O7P2. The fourth-order valence-corrected chi connectivity index (χ4v) is 6.17. The van der Waals surface area contributed by atoms with Gasteiger partial charge in [-0.25, -0.2) is 33.0 Å². The van der Waals surface area contributed by atoms with Gasteiger partial charge in [0.15, 0.2) is 52.9 Å². The van der Waals surface area contributed by atoms with Crippen LogP contribution in [0.25, 0.3) is 22.3 Å². The minimum atomic E-state index is -3.46. The maximum atomic E-state index is 15.8. The molecule has 232 valence electrons. The summed E-state index contributed by atoms with van der Waals surface area (Å²) in [4.78, 5) is 34.4. The van der Waals surface area contributed by atoms with Crippen LogP contribution >= 0.6 is 18.3 Å². The van der Waals surface area contributed by atoms with Gasteiger partial charge in [-0.15, -0.1) is 5.10 Å². The van der Waals surface area contributed by atoms with Gasteiger partial charge in [-0.1, -0.05) is 5.21 Å². The summed E-state index contributed by atoms with van der Waals surface area (Å²) < 4.78 is 70.5. The monoisotopic (exact) mass is 649 g/mol. The standard InChI is InChI=1S/C20H24F3N11O7P2/c21-8-11(40-36)16(33-5-28-10-14(33)29-19(25)30-15(10)35)39-17(8)41-43-2-1-6-7(3-37-42)38-18(20(6,22)23)34-13-9(31-32-34)12(24)26-4-27-13/h4-8,11,16-18,36,43H,1-3,42H2,(H2,24,26,27)(H3,25,29,30,35)/t6-,7-,8+,11-,16-,17?,18-/m1/s1. The molecular weight excluding hydrogens is 625 g/mol. The van der Waals surface area contributed by atoms with Gasteiger partial charge in [-0.2, -0.15) is 9.67 Å². The number of imidazole rings is 1. The molecule has 0 aromatic carbocycles. The van der Waals surface area contributed by atoms with Crippen LogP contribution in [0, 0.1) is 5.92 Å². The fraction of sp³-hybridized carbons (Fsp3) is 0.550. The Hall–Kier alpha value is -3.16. The van der Waals surface area contributed by atoms with E-state index in [0.29, 0.717) is 0 Å². The predicted molar refractivity (Wildman–Crippen MR) is 143 cm³/mol. The van der Waals surface area contributed by atoms with Gasteiger partial charge in [0.2, 0.25) is 12.2 Å². The molecule has 0 bridgehead atoms. The van der Waals surface area contributed by atoms with Gasteiger partial charge < -0.3 is 30.0 Å². The lowest BCUT2D eigenvalue weighted by molar-refractivity contribution is -0.300. The molecule has 0 aliphatic carbocycles. The smallest absolute Gasteiger partial charge is 0.299 e. The number of hydrogen-bond acceptors (Lipinski definition) is 15. The van der Waals surface area contributed by atoms with Crippen LogP contribution in [-0.4, -0.2) is 93.1 Å². The summed E-state index contributed by atoms with van der Waals surface area (Å²) in [5, 5.41) is 17.0. The summed E-state index contributed by atoms with van der Waals surface area (Å²) in [6.07, 6.45) is -7.22. The van der Waals surface area contributed by atoms with E-state index >= 15 is 13.2 Å². The predicted octanol–water partition coefficient (Wildman–Crippen LogP) is 0.526. The number of anilines is 2. The number of hydrogen-bond donors (Lipinski definition) is 4. The van der Waals surface area contributed by atoms with E-state index in [1.165, 1.54) is 0 Å². The van der Waals surface area contributed by atoms with Gasteiger partial charge in [-0.3, -0.25) is 19.6 Å². The first-order chi connectivity index (χ1) is 20.6. The minimum absolute atomic E-state index is 0.0238. The van der Waals surface area contributed by atoms with Crippen molar-refractivity contribution in [3.8, 4) is 0 Å². The van der Waals surface area contributed by atoms with E-state index in [0.717, 1.165) is 21.9 Å². The van der Waals surface area contributed by atoms with Crippen LogP contribution in [0.5, 0.6) is 0 Å². The summed E-state index contributed by atoms with van der Waals surface area (Å²) >= 11 is 0. The van der Waals surface area contributed by atoms with E-state index in [1.54, 1.807) is 0 Å². The van der Waals surface area contributed by atoms with Gasteiger partial charge in [0.05, 0.1) is 25.0 Å². The van der Waals surface area contributed by atoms with Gasteiger partial charge in [0, 0.05) is 18.3 Å². The molecule has 6 rings (SSSR count). The highest BCUT2D eigenvalue weighted by molar-refractivity contribution is 7.32. The molecule has 0 saturated carbocycles. The van der Waals surface area contributed by atoms with E-state index in [-0.39, 0.29) is 53.3 Å². The molecule has 6 heterocycles. The van der Waals surface area contributed by atoms with E-state index < -0.39 is 63.3 Å². The largest absolute Gasteiger partial charge is 0.382 e. The van der Waals surface area contributed by atoms with Gasteiger partial charge in [-0.05, 0) is 12.6 Å². The molecule has 4 aromatic heterocycles. The number of rotatable bonds is 10. The zero-order valence-corrected chi connectivity index (χ0v) is 23.8. The molecule has 0 spiro atoms. The molecule has 0 radical (unpaired) electrons. The van der Waals surface area contributed by atoms with Crippen LogP contribution in [-0.2, 0) is 23.4 Å². The lowest BCUT2D eigenvalue weighted by Gasteiger charge is -2.23. The lowest BCUT2D eigenvalue weighted by atomic mass is 9.94. The topological polar surface area (TPSA) is 238 Å². The number of H-pyrrole nitrogens is 1. The molecule has 3 unspecified atom stereocenters. The zero-order valence-electron chi connectivity index (χ0n) is 21.7. The van der Waals surface area contributed by atoms with Crippen molar-refractivity contribution in [3.63, 3.8) is 0 Å². The number of halogens is 3. The maximum absolute atomic E-state index is 15.8. The lowest BCUT2D eigenvalue weighted by Crippen LogP contribution is -2.35. The number of fused-ring (bicyclic) bond motifs is 2. The number of ether oxygens (including phenoxy) is 2. The second-order valence-electron chi connectivity index (χ2n) is 9.59. The van der Waals surface area contributed by atoms with Crippen molar-refractivity contribution in [2.75, 3.05) is 24.2 Å².